The number of nitrogens with zero attached hydrogens (tertiary/aromatic N) is 5. The molecule has 11 heteroatoms. The van der Waals surface area contributed by atoms with Crippen LogP contribution in [0.3, 0.4) is 0 Å². The van der Waals surface area contributed by atoms with E-state index < -0.39 is 17.6 Å². The fourth-order valence-electron chi connectivity index (χ4n) is 3.86. The van der Waals surface area contributed by atoms with Crippen molar-refractivity contribution in [3.8, 4) is 22.4 Å². The fraction of sp³-hybridized carbons (Fsp3) is 0.0690. The quantitative estimate of drug-likeness (QED) is 0.128. The highest BCUT2D eigenvalue weighted by Crippen LogP contribution is 2.31. The van der Waals surface area contributed by atoms with Crippen LogP contribution in [0.1, 0.15) is 16.8 Å². The minimum absolute atomic E-state index is 0.0670. The molecule has 0 aliphatic rings. The van der Waals surface area contributed by atoms with E-state index in [9.17, 15) is 17.6 Å². The highest BCUT2D eigenvalue weighted by molar-refractivity contribution is 5.80. The number of halogens is 4. The standard InChI is InChI=1S/C29H21F4N7/c1-18-10-24(38-23-9-5-8-22(12-23)29(31,32)33)15-35-26(18)17-37-40-28-36-16-25(30)27(39-28)21-11-20(13-34-14-21)19-6-3-2-4-7-19/h2-17,38H,1H3,(H,36,39,40)/b37-17+. The van der Waals surface area contributed by atoms with Gasteiger partial charge in [0.2, 0.25) is 5.95 Å². The van der Waals surface area contributed by atoms with Crippen molar-refractivity contribution in [1.29, 1.82) is 0 Å². The predicted octanol–water partition coefficient (Wildman–Crippen LogP) is 7.26. The summed E-state index contributed by atoms with van der Waals surface area (Å²) in [6, 6.07) is 18.0. The van der Waals surface area contributed by atoms with Gasteiger partial charge in [0.25, 0.3) is 0 Å². The van der Waals surface area contributed by atoms with Gasteiger partial charge >= 0.3 is 6.18 Å². The third-order valence-corrected chi connectivity index (χ3v) is 5.81. The van der Waals surface area contributed by atoms with Gasteiger partial charge in [0.1, 0.15) is 5.69 Å². The van der Waals surface area contributed by atoms with Crippen LogP contribution in [0.4, 0.5) is 34.9 Å². The van der Waals surface area contributed by atoms with Crippen LogP contribution in [0.15, 0.2) is 96.6 Å². The molecule has 3 aromatic heterocycles. The van der Waals surface area contributed by atoms with Gasteiger partial charge in [-0.3, -0.25) is 9.97 Å². The normalized spacial score (nSPS) is 11.5. The van der Waals surface area contributed by atoms with Gasteiger partial charge in [-0.2, -0.15) is 18.3 Å². The number of aryl methyl sites for hydroxylation is 1. The van der Waals surface area contributed by atoms with Crippen LogP contribution in [0, 0.1) is 12.7 Å². The van der Waals surface area contributed by atoms with E-state index in [2.05, 4.69) is 35.8 Å². The second-order valence-corrected chi connectivity index (χ2v) is 8.72. The number of hydrogen-bond donors (Lipinski definition) is 2. The average Bonchev–Trinajstić information content (AvgIpc) is 2.95. The molecule has 5 rings (SSSR count). The summed E-state index contributed by atoms with van der Waals surface area (Å²) in [7, 11) is 0. The zero-order chi connectivity index (χ0) is 28.1. The lowest BCUT2D eigenvalue weighted by molar-refractivity contribution is -0.137. The molecule has 200 valence electrons. The summed E-state index contributed by atoms with van der Waals surface area (Å²) in [5.41, 5.74) is 6.25. The minimum atomic E-state index is -4.43. The molecule has 0 bridgehead atoms. The van der Waals surface area contributed by atoms with Crippen LogP contribution in [-0.2, 0) is 6.18 Å². The Kier molecular flexibility index (Phi) is 7.45. The lowest BCUT2D eigenvalue weighted by Crippen LogP contribution is -2.05. The van der Waals surface area contributed by atoms with Gasteiger partial charge in [0.05, 0.1) is 35.6 Å². The van der Waals surface area contributed by atoms with Crippen molar-refractivity contribution >= 4 is 23.5 Å². The summed E-state index contributed by atoms with van der Waals surface area (Å²) in [6.07, 6.45) is 2.75. The largest absolute Gasteiger partial charge is 0.416 e. The number of aromatic nitrogens is 4. The molecule has 0 aliphatic heterocycles. The van der Waals surface area contributed by atoms with Crippen molar-refractivity contribution in [3.63, 3.8) is 0 Å². The maximum Gasteiger partial charge on any atom is 0.416 e. The number of hydrazone groups is 1. The molecule has 0 saturated heterocycles. The highest BCUT2D eigenvalue weighted by atomic mass is 19.4. The smallest absolute Gasteiger partial charge is 0.354 e. The van der Waals surface area contributed by atoms with Crippen LogP contribution in [0.25, 0.3) is 22.4 Å². The van der Waals surface area contributed by atoms with Crippen LogP contribution in [0.5, 0.6) is 0 Å². The van der Waals surface area contributed by atoms with Gasteiger partial charge in [-0.25, -0.2) is 19.8 Å². The molecular formula is C29H21F4N7. The summed E-state index contributed by atoms with van der Waals surface area (Å²) in [5.74, 6) is -0.541. The topological polar surface area (TPSA) is 88.0 Å². The Hall–Kier alpha value is -5.19. The molecular weight excluding hydrogens is 522 g/mol. The molecule has 0 atom stereocenters. The van der Waals surface area contributed by atoms with Crippen LogP contribution < -0.4 is 10.7 Å². The summed E-state index contributed by atoms with van der Waals surface area (Å²) >= 11 is 0. The Bertz CT molecular complexity index is 1670. The summed E-state index contributed by atoms with van der Waals surface area (Å²) in [6.45, 7) is 1.78. The molecule has 0 saturated carbocycles. The second-order valence-electron chi connectivity index (χ2n) is 8.72. The van der Waals surface area contributed by atoms with E-state index in [4.69, 9.17) is 0 Å². The maximum absolute atomic E-state index is 14.6. The molecule has 0 amide bonds. The Morgan fingerprint density at radius 2 is 1.60 bits per heavy atom. The summed E-state index contributed by atoms with van der Waals surface area (Å²) < 4.78 is 53.6. The monoisotopic (exact) mass is 543 g/mol. The Morgan fingerprint density at radius 1 is 0.800 bits per heavy atom. The van der Waals surface area contributed by atoms with Gasteiger partial charge < -0.3 is 5.32 Å². The van der Waals surface area contributed by atoms with Crippen molar-refractivity contribution in [2.45, 2.75) is 13.1 Å². The molecule has 3 heterocycles. The molecule has 5 aromatic rings. The first kappa shape index (κ1) is 26.4. The van der Waals surface area contributed by atoms with Gasteiger partial charge in [-0.05, 0) is 48.4 Å². The van der Waals surface area contributed by atoms with E-state index in [1.54, 1.807) is 25.3 Å². The Balaban J connectivity index is 1.29. The van der Waals surface area contributed by atoms with E-state index in [1.807, 2.05) is 30.3 Å². The third-order valence-electron chi connectivity index (χ3n) is 5.81. The minimum Gasteiger partial charge on any atom is -0.354 e. The molecule has 40 heavy (non-hydrogen) atoms. The second kappa shape index (κ2) is 11.3. The molecule has 0 spiro atoms. The lowest BCUT2D eigenvalue weighted by atomic mass is 10.0. The van der Waals surface area contributed by atoms with Crippen LogP contribution in [0.2, 0.25) is 0 Å². The number of hydrogen-bond acceptors (Lipinski definition) is 7. The van der Waals surface area contributed by atoms with Gasteiger partial charge in [-0.1, -0.05) is 36.4 Å². The first-order chi connectivity index (χ1) is 19.3. The van der Waals surface area contributed by atoms with Gasteiger partial charge in [-0.15, -0.1) is 0 Å². The SMILES string of the molecule is Cc1cc(Nc2cccc(C(F)(F)F)c2)cnc1/C=N/Nc1ncc(F)c(-c2cncc(-c3ccccc3)c2)n1. The zero-order valence-electron chi connectivity index (χ0n) is 21.0. The van der Waals surface area contributed by atoms with E-state index >= 15 is 0 Å². The van der Waals surface area contributed by atoms with E-state index in [1.165, 1.54) is 30.7 Å². The van der Waals surface area contributed by atoms with E-state index in [0.29, 0.717) is 22.5 Å². The highest BCUT2D eigenvalue weighted by Gasteiger charge is 2.30. The van der Waals surface area contributed by atoms with Crippen LogP contribution in [-0.4, -0.2) is 26.2 Å². The molecule has 2 N–H and O–H groups in total. The number of alkyl halides is 3. The lowest BCUT2D eigenvalue weighted by Gasteiger charge is -2.11. The Morgan fingerprint density at radius 3 is 2.38 bits per heavy atom. The third kappa shape index (κ3) is 6.26. The van der Waals surface area contributed by atoms with Gasteiger partial charge in [0.15, 0.2) is 5.82 Å². The number of anilines is 3. The van der Waals surface area contributed by atoms with Crippen molar-refractivity contribution in [2.24, 2.45) is 5.10 Å². The molecule has 2 aromatic carbocycles. The summed E-state index contributed by atoms with van der Waals surface area (Å²) in [5, 5.41) is 7.03. The van der Waals surface area contributed by atoms with Crippen molar-refractivity contribution < 1.29 is 17.6 Å². The molecule has 0 aliphatic carbocycles. The zero-order valence-corrected chi connectivity index (χ0v) is 21.0. The van der Waals surface area contributed by atoms with Crippen molar-refractivity contribution in [3.05, 3.63) is 114 Å². The number of pyridine rings is 2. The average molecular weight is 544 g/mol. The fourth-order valence-corrected chi connectivity index (χ4v) is 3.86. The molecule has 7 nitrogen and oxygen atoms in total. The van der Waals surface area contributed by atoms with Crippen molar-refractivity contribution in [2.75, 3.05) is 10.7 Å². The Labute approximate surface area is 226 Å². The first-order valence-corrected chi connectivity index (χ1v) is 12.0. The van der Waals surface area contributed by atoms with Gasteiger partial charge in [0, 0.05) is 29.2 Å². The van der Waals surface area contributed by atoms with E-state index in [-0.39, 0.29) is 17.3 Å². The maximum atomic E-state index is 14.6. The number of nitrogens with one attached hydrogen (secondary N) is 2. The molecule has 0 fully saturated rings. The first-order valence-electron chi connectivity index (χ1n) is 12.0. The predicted molar refractivity (Wildman–Crippen MR) is 146 cm³/mol. The number of rotatable bonds is 7. The number of benzene rings is 2. The van der Waals surface area contributed by atoms with Crippen molar-refractivity contribution in [1.82, 2.24) is 19.9 Å². The molecule has 0 radical (unpaired) electrons. The summed E-state index contributed by atoms with van der Waals surface area (Å²) in [4.78, 5) is 16.7. The van der Waals surface area contributed by atoms with E-state index in [0.717, 1.165) is 29.5 Å². The molecule has 0 unspecified atom stereocenters. The van der Waals surface area contributed by atoms with Crippen LogP contribution >= 0.6 is 0 Å².